The molecule has 2 heterocycles. The highest BCUT2D eigenvalue weighted by Gasteiger charge is 2.25. The zero-order valence-corrected chi connectivity index (χ0v) is 18.9. The Kier molecular flexibility index (Phi) is 6.93. The third kappa shape index (κ3) is 5.34. The van der Waals surface area contributed by atoms with Crippen LogP contribution in [0.15, 0.2) is 42.5 Å². The number of rotatable bonds is 6. The molecule has 2 saturated heterocycles. The molecule has 0 bridgehead atoms. The van der Waals surface area contributed by atoms with Gasteiger partial charge in [-0.1, -0.05) is 18.2 Å². The molecule has 8 nitrogen and oxygen atoms in total. The van der Waals surface area contributed by atoms with Crippen molar-refractivity contribution in [1.82, 2.24) is 9.80 Å². The average molecular weight is 451 g/mol. The van der Waals surface area contributed by atoms with Crippen LogP contribution in [0.1, 0.15) is 39.1 Å². The molecule has 2 amide bonds. The van der Waals surface area contributed by atoms with Crippen molar-refractivity contribution >= 4 is 29.2 Å². The van der Waals surface area contributed by atoms with Gasteiger partial charge in [0.05, 0.1) is 23.5 Å². The van der Waals surface area contributed by atoms with Crippen LogP contribution in [-0.4, -0.2) is 78.5 Å². The average Bonchev–Trinajstić information content (AvgIpc) is 3.35. The Hall–Kier alpha value is -3.39. The number of nitrogens with one attached hydrogen (secondary N) is 1. The molecule has 0 atom stereocenters. The van der Waals surface area contributed by atoms with Crippen LogP contribution in [0.5, 0.6) is 0 Å². The maximum atomic E-state index is 12.9. The smallest absolute Gasteiger partial charge is 0.335 e. The summed E-state index contributed by atoms with van der Waals surface area (Å²) >= 11 is 0. The topological polar surface area (TPSA) is 93.2 Å². The predicted octanol–water partition coefficient (Wildman–Crippen LogP) is 2.69. The molecular weight excluding hydrogens is 420 g/mol. The summed E-state index contributed by atoms with van der Waals surface area (Å²) in [6.07, 6.45) is 2.17. The van der Waals surface area contributed by atoms with E-state index in [0.717, 1.165) is 50.3 Å². The summed E-state index contributed by atoms with van der Waals surface area (Å²) in [5, 5.41) is 12.4. The fraction of sp³-hybridized carbons (Fsp3) is 0.400. The quantitative estimate of drug-likeness (QED) is 0.703. The number of nitrogens with zero attached hydrogens (tertiary/aromatic N) is 3. The fourth-order valence-electron chi connectivity index (χ4n) is 4.47. The van der Waals surface area contributed by atoms with E-state index in [1.54, 1.807) is 24.3 Å². The minimum atomic E-state index is -1.04. The zero-order chi connectivity index (χ0) is 23.4. The lowest BCUT2D eigenvalue weighted by Gasteiger charge is -2.37. The summed E-state index contributed by atoms with van der Waals surface area (Å²) in [6, 6.07) is 12.1. The molecule has 174 valence electrons. The summed E-state index contributed by atoms with van der Waals surface area (Å²) in [7, 11) is 0. The molecule has 2 aliphatic rings. The number of aryl methyl sites for hydroxylation is 1. The molecule has 4 rings (SSSR count). The Morgan fingerprint density at radius 2 is 1.64 bits per heavy atom. The number of aromatic carboxylic acids is 1. The van der Waals surface area contributed by atoms with Gasteiger partial charge in [0.15, 0.2) is 0 Å². The second-order valence-corrected chi connectivity index (χ2v) is 8.66. The summed E-state index contributed by atoms with van der Waals surface area (Å²) in [5.41, 5.74) is 2.78. The van der Waals surface area contributed by atoms with E-state index < -0.39 is 5.97 Å². The molecule has 0 aromatic heterocycles. The van der Waals surface area contributed by atoms with Crippen LogP contribution in [0, 0.1) is 6.92 Å². The van der Waals surface area contributed by atoms with Crippen LogP contribution in [0.4, 0.5) is 11.4 Å². The first-order valence-electron chi connectivity index (χ1n) is 11.4. The van der Waals surface area contributed by atoms with E-state index >= 15 is 0 Å². The van der Waals surface area contributed by atoms with Crippen LogP contribution in [0.3, 0.4) is 0 Å². The molecule has 0 spiro atoms. The number of hydrogen-bond acceptors (Lipinski definition) is 5. The predicted molar refractivity (Wildman–Crippen MR) is 127 cm³/mol. The number of anilines is 2. The van der Waals surface area contributed by atoms with Crippen molar-refractivity contribution in [2.45, 2.75) is 19.8 Å². The number of piperazine rings is 1. The van der Waals surface area contributed by atoms with Crippen molar-refractivity contribution in [3.05, 3.63) is 59.2 Å². The molecule has 2 aromatic carbocycles. The molecule has 33 heavy (non-hydrogen) atoms. The maximum absolute atomic E-state index is 12.9. The van der Waals surface area contributed by atoms with E-state index in [1.807, 2.05) is 24.0 Å². The van der Waals surface area contributed by atoms with E-state index in [-0.39, 0.29) is 17.4 Å². The van der Waals surface area contributed by atoms with Gasteiger partial charge in [0.1, 0.15) is 0 Å². The number of hydrogen-bond donors (Lipinski definition) is 2. The van der Waals surface area contributed by atoms with Gasteiger partial charge in [-0.15, -0.1) is 0 Å². The van der Waals surface area contributed by atoms with Crippen LogP contribution >= 0.6 is 0 Å². The van der Waals surface area contributed by atoms with Crippen molar-refractivity contribution < 1.29 is 19.5 Å². The molecule has 0 saturated carbocycles. The van der Waals surface area contributed by atoms with Crippen LogP contribution in [-0.2, 0) is 4.79 Å². The van der Waals surface area contributed by atoms with Crippen LogP contribution in [0.25, 0.3) is 0 Å². The second-order valence-electron chi connectivity index (χ2n) is 8.66. The van der Waals surface area contributed by atoms with Gasteiger partial charge in [-0.05, 0) is 49.6 Å². The number of amides is 2. The SMILES string of the molecule is Cc1ccccc1C(=O)Nc1cc(C(=O)O)ccc1N1CCN(CC(=O)N2CCCC2)CC1. The molecular formula is C25H30N4O4. The number of likely N-dealkylation sites (tertiary alicyclic amines) is 1. The van der Waals surface area contributed by atoms with E-state index in [2.05, 4.69) is 15.1 Å². The summed E-state index contributed by atoms with van der Waals surface area (Å²) in [4.78, 5) is 43.2. The number of carboxylic acids is 1. The van der Waals surface area contributed by atoms with Gasteiger partial charge in [0, 0.05) is 44.8 Å². The highest BCUT2D eigenvalue weighted by Crippen LogP contribution is 2.29. The van der Waals surface area contributed by atoms with Gasteiger partial charge in [-0.25, -0.2) is 4.79 Å². The molecule has 2 N–H and O–H groups in total. The molecule has 2 fully saturated rings. The Morgan fingerprint density at radius 1 is 0.939 bits per heavy atom. The lowest BCUT2D eigenvalue weighted by atomic mass is 10.1. The Balaban J connectivity index is 1.47. The standard InChI is InChI=1S/C25H30N4O4/c1-18-6-2-3-7-20(18)24(31)26-21-16-19(25(32)33)8-9-22(21)28-14-12-27(13-15-28)17-23(30)29-10-4-5-11-29/h2-3,6-9,16H,4-5,10-15,17H2,1H3,(H,26,31)(H,32,33). The van der Waals surface area contributed by atoms with Gasteiger partial charge < -0.3 is 20.2 Å². The first-order valence-corrected chi connectivity index (χ1v) is 11.4. The fourth-order valence-corrected chi connectivity index (χ4v) is 4.47. The normalized spacial score (nSPS) is 16.6. The maximum Gasteiger partial charge on any atom is 0.335 e. The third-order valence-electron chi connectivity index (χ3n) is 6.41. The number of carbonyl (C=O) groups excluding carboxylic acids is 2. The van der Waals surface area contributed by atoms with E-state index in [4.69, 9.17) is 0 Å². The van der Waals surface area contributed by atoms with Crippen molar-refractivity contribution in [3.8, 4) is 0 Å². The third-order valence-corrected chi connectivity index (χ3v) is 6.41. The molecule has 2 aromatic rings. The van der Waals surface area contributed by atoms with E-state index in [0.29, 0.717) is 30.9 Å². The monoisotopic (exact) mass is 450 g/mol. The molecule has 2 aliphatic heterocycles. The van der Waals surface area contributed by atoms with Crippen molar-refractivity contribution in [2.24, 2.45) is 0 Å². The van der Waals surface area contributed by atoms with Gasteiger partial charge >= 0.3 is 5.97 Å². The zero-order valence-electron chi connectivity index (χ0n) is 18.9. The lowest BCUT2D eigenvalue weighted by molar-refractivity contribution is -0.131. The Labute approximate surface area is 193 Å². The van der Waals surface area contributed by atoms with Gasteiger partial charge in [0.2, 0.25) is 5.91 Å². The first kappa shape index (κ1) is 22.8. The highest BCUT2D eigenvalue weighted by molar-refractivity contribution is 6.07. The molecule has 0 aliphatic carbocycles. The lowest BCUT2D eigenvalue weighted by Crippen LogP contribution is -2.50. The number of benzene rings is 2. The van der Waals surface area contributed by atoms with Crippen LogP contribution < -0.4 is 10.2 Å². The minimum absolute atomic E-state index is 0.119. The Bertz CT molecular complexity index is 1040. The summed E-state index contributed by atoms with van der Waals surface area (Å²) in [6.45, 7) is 6.85. The van der Waals surface area contributed by atoms with Crippen LogP contribution in [0.2, 0.25) is 0 Å². The summed E-state index contributed by atoms with van der Waals surface area (Å²) < 4.78 is 0. The molecule has 0 radical (unpaired) electrons. The first-order chi connectivity index (χ1) is 15.9. The van der Waals surface area contributed by atoms with E-state index in [9.17, 15) is 19.5 Å². The van der Waals surface area contributed by atoms with Gasteiger partial charge in [-0.2, -0.15) is 0 Å². The van der Waals surface area contributed by atoms with Gasteiger partial charge in [0.25, 0.3) is 5.91 Å². The molecule has 8 heteroatoms. The Morgan fingerprint density at radius 3 is 2.30 bits per heavy atom. The van der Waals surface area contributed by atoms with Crippen molar-refractivity contribution in [1.29, 1.82) is 0 Å². The van der Waals surface area contributed by atoms with Crippen molar-refractivity contribution in [2.75, 3.05) is 56.0 Å². The van der Waals surface area contributed by atoms with Gasteiger partial charge in [-0.3, -0.25) is 14.5 Å². The van der Waals surface area contributed by atoms with E-state index in [1.165, 1.54) is 6.07 Å². The largest absolute Gasteiger partial charge is 0.478 e. The summed E-state index contributed by atoms with van der Waals surface area (Å²) in [5.74, 6) is -1.12. The minimum Gasteiger partial charge on any atom is -0.478 e. The molecule has 0 unspecified atom stereocenters. The second kappa shape index (κ2) is 10.0. The number of carboxylic acid groups (broad SMARTS) is 1. The number of carbonyl (C=O) groups is 3. The highest BCUT2D eigenvalue weighted by atomic mass is 16.4. The van der Waals surface area contributed by atoms with Crippen molar-refractivity contribution in [3.63, 3.8) is 0 Å².